The third-order valence-corrected chi connectivity index (χ3v) is 3.64. The lowest BCUT2D eigenvalue weighted by molar-refractivity contribution is 0.102. The van der Waals surface area contributed by atoms with Gasteiger partial charge in [-0.2, -0.15) is 0 Å². The second kappa shape index (κ2) is 5.95. The maximum absolute atomic E-state index is 12.2. The average Bonchev–Trinajstić information content (AvgIpc) is 2.35. The van der Waals surface area contributed by atoms with E-state index in [0.29, 0.717) is 37.8 Å². The number of aromatic nitrogens is 2. The molecule has 0 fully saturated rings. The van der Waals surface area contributed by atoms with Crippen LogP contribution in [0.3, 0.4) is 0 Å². The lowest BCUT2D eigenvalue weighted by atomic mass is 10.2. The summed E-state index contributed by atoms with van der Waals surface area (Å²) in [5.74, 6) is 0.245. The lowest BCUT2D eigenvalue weighted by Crippen LogP contribution is -2.15. The summed E-state index contributed by atoms with van der Waals surface area (Å²) in [6, 6.07) is 2.97. The van der Waals surface area contributed by atoms with Crippen LogP contribution in [0.25, 0.3) is 0 Å². The van der Waals surface area contributed by atoms with Crippen LogP contribution in [-0.2, 0) is 0 Å². The van der Waals surface area contributed by atoms with Crippen LogP contribution in [-0.4, -0.2) is 15.9 Å². The number of hydrogen-bond acceptors (Lipinski definition) is 3. The van der Waals surface area contributed by atoms with Gasteiger partial charge in [0.1, 0.15) is 5.82 Å². The van der Waals surface area contributed by atoms with Crippen molar-refractivity contribution in [3.8, 4) is 0 Å². The van der Waals surface area contributed by atoms with Crippen LogP contribution in [0.1, 0.15) is 21.9 Å². The molecule has 0 spiro atoms. The first-order valence-corrected chi connectivity index (χ1v) is 6.78. The molecule has 0 radical (unpaired) electrons. The fraction of sp³-hybridized carbons (Fsp3) is 0.154. The predicted molar refractivity (Wildman–Crippen MR) is 80.9 cm³/mol. The number of benzene rings is 1. The van der Waals surface area contributed by atoms with Crippen LogP contribution in [0.4, 0.5) is 5.69 Å². The number of hydrogen-bond donors (Lipinski definition) is 1. The minimum absolute atomic E-state index is 0.304. The van der Waals surface area contributed by atoms with E-state index in [9.17, 15) is 4.79 Å². The topological polar surface area (TPSA) is 54.9 Å². The molecule has 4 nitrogen and oxygen atoms in total. The predicted octanol–water partition coefficient (Wildman–Crippen LogP) is 4.31. The van der Waals surface area contributed by atoms with Gasteiger partial charge < -0.3 is 5.32 Å². The van der Waals surface area contributed by atoms with E-state index in [2.05, 4.69) is 15.3 Å². The van der Waals surface area contributed by atoms with Gasteiger partial charge in [0.15, 0.2) is 0 Å². The Bertz CT molecular complexity index is 689. The maximum Gasteiger partial charge on any atom is 0.259 e. The number of carbonyl (C=O) groups is 1. The van der Waals surface area contributed by atoms with Crippen molar-refractivity contribution >= 4 is 46.4 Å². The number of nitrogens with zero attached hydrogens (tertiary/aromatic N) is 2. The Hall–Kier alpha value is -1.36. The molecule has 2 rings (SSSR count). The third-order valence-electron chi connectivity index (χ3n) is 2.60. The van der Waals surface area contributed by atoms with Crippen LogP contribution in [0.2, 0.25) is 15.1 Å². The molecule has 1 amide bonds. The molecule has 0 unspecified atom stereocenters. The summed E-state index contributed by atoms with van der Waals surface area (Å²) >= 11 is 17.7. The summed E-state index contributed by atoms with van der Waals surface area (Å²) in [4.78, 5) is 20.3. The van der Waals surface area contributed by atoms with E-state index in [1.807, 2.05) is 0 Å². The number of anilines is 1. The molecule has 0 bridgehead atoms. The zero-order valence-electron chi connectivity index (χ0n) is 10.7. The summed E-state index contributed by atoms with van der Waals surface area (Å²) in [7, 11) is 0. The second-order valence-electron chi connectivity index (χ2n) is 4.12. The quantitative estimate of drug-likeness (QED) is 0.835. The fourth-order valence-corrected chi connectivity index (χ4v) is 2.21. The van der Waals surface area contributed by atoms with Crippen molar-refractivity contribution in [1.82, 2.24) is 9.97 Å². The summed E-state index contributed by atoms with van der Waals surface area (Å²) in [6.45, 7) is 3.49. The first-order valence-electron chi connectivity index (χ1n) is 5.64. The first kappa shape index (κ1) is 15.0. The largest absolute Gasteiger partial charge is 0.320 e. The van der Waals surface area contributed by atoms with Gasteiger partial charge in [0.25, 0.3) is 5.91 Å². The SMILES string of the molecule is Cc1ncc(C(=O)Nc2cc(Cl)c(Cl)cc2Cl)c(C)n1. The molecule has 0 saturated heterocycles. The van der Waals surface area contributed by atoms with Crippen LogP contribution >= 0.6 is 34.8 Å². The van der Waals surface area contributed by atoms with Crippen LogP contribution in [0, 0.1) is 13.8 Å². The summed E-state index contributed by atoms with van der Waals surface area (Å²) in [5, 5.41) is 3.60. The Morgan fingerprint density at radius 2 is 1.75 bits per heavy atom. The number of carbonyl (C=O) groups excluding carboxylic acids is 1. The van der Waals surface area contributed by atoms with Crippen molar-refractivity contribution in [2.75, 3.05) is 5.32 Å². The van der Waals surface area contributed by atoms with Crippen LogP contribution in [0.5, 0.6) is 0 Å². The zero-order valence-corrected chi connectivity index (χ0v) is 12.9. The van der Waals surface area contributed by atoms with Crippen molar-refractivity contribution in [1.29, 1.82) is 0 Å². The maximum atomic E-state index is 12.2. The number of amides is 1. The molecule has 0 aliphatic carbocycles. The summed E-state index contributed by atoms with van der Waals surface area (Å²) in [5.41, 5.74) is 1.34. The van der Waals surface area contributed by atoms with Gasteiger partial charge in [-0.05, 0) is 26.0 Å². The molecule has 1 N–H and O–H groups in total. The molecule has 0 saturated carbocycles. The Morgan fingerprint density at radius 3 is 2.40 bits per heavy atom. The molecule has 7 heteroatoms. The Balaban J connectivity index is 2.30. The fourth-order valence-electron chi connectivity index (χ4n) is 1.61. The van der Waals surface area contributed by atoms with Gasteiger partial charge in [0.05, 0.1) is 32.0 Å². The second-order valence-corrected chi connectivity index (χ2v) is 5.34. The smallest absolute Gasteiger partial charge is 0.259 e. The molecule has 104 valence electrons. The molecular formula is C13H10Cl3N3O. The van der Waals surface area contributed by atoms with E-state index in [1.54, 1.807) is 13.8 Å². The number of nitrogens with one attached hydrogen (secondary N) is 1. The average molecular weight is 331 g/mol. The third kappa shape index (κ3) is 3.20. The number of halogens is 3. The lowest BCUT2D eigenvalue weighted by Gasteiger charge is -2.10. The highest BCUT2D eigenvalue weighted by Crippen LogP contribution is 2.32. The molecular weight excluding hydrogens is 321 g/mol. The first-order chi connectivity index (χ1) is 9.38. The molecule has 1 aromatic carbocycles. The van der Waals surface area contributed by atoms with Gasteiger partial charge in [-0.25, -0.2) is 9.97 Å². The monoisotopic (exact) mass is 329 g/mol. The van der Waals surface area contributed by atoms with Gasteiger partial charge >= 0.3 is 0 Å². The molecule has 0 aliphatic heterocycles. The molecule has 2 aromatic rings. The number of aryl methyl sites for hydroxylation is 2. The molecule has 20 heavy (non-hydrogen) atoms. The van der Waals surface area contributed by atoms with Gasteiger partial charge in [0, 0.05) is 6.20 Å². The van der Waals surface area contributed by atoms with Crippen LogP contribution in [0.15, 0.2) is 18.3 Å². The van der Waals surface area contributed by atoms with E-state index in [4.69, 9.17) is 34.8 Å². The van der Waals surface area contributed by atoms with Gasteiger partial charge in [-0.15, -0.1) is 0 Å². The van der Waals surface area contributed by atoms with Crippen molar-refractivity contribution in [2.45, 2.75) is 13.8 Å². The van der Waals surface area contributed by atoms with Gasteiger partial charge in [-0.3, -0.25) is 4.79 Å². The Morgan fingerprint density at radius 1 is 1.10 bits per heavy atom. The summed E-state index contributed by atoms with van der Waals surface area (Å²) in [6.07, 6.45) is 1.47. The summed E-state index contributed by atoms with van der Waals surface area (Å²) < 4.78 is 0. The van der Waals surface area contributed by atoms with Crippen molar-refractivity contribution < 1.29 is 4.79 Å². The van der Waals surface area contributed by atoms with E-state index >= 15 is 0 Å². The normalized spacial score (nSPS) is 10.4. The van der Waals surface area contributed by atoms with E-state index in [-0.39, 0.29) is 5.91 Å². The van der Waals surface area contributed by atoms with Crippen LogP contribution < -0.4 is 5.32 Å². The van der Waals surface area contributed by atoms with E-state index in [0.717, 1.165) is 0 Å². The van der Waals surface area contributed by atoms with E-state index in [1.165, 1.54) is 18.3 Å². The Kier molecular flexibility index (Phi) is 4.48. The highest BCUT2D eigenvalue weighted by molar-refractivity contribution is 6.44. The van der Waals surface area contributed by atoms with Crippen molar-refractivity contribution in [3.63, 3.8) is 0 Å². The number of rotatable bonds is 2. The van der Waals surface area contributed by atoms with E-state index < -0.39 is 0 Å². The minimum Gasteiger partial charge on any atom is -0.320 e. The zero-order chi connectivity index (χ0) is 14.9. The van der Waals surface area contributed by atoms with Gasteiger partial charge in [0.2, 0.25) is 0 Å². The Labute approximate surface area is 131 Å². The molecule has 1 heterocycles. The highest BCUT2D eigenvalue weighted by Gasteiger charge is 2.14. The minimum atomic E-state index is -0.359. The molecule has 0 atom stereocenters. The molecule has 1 aromatic heterocycles. The van der Waals surface area contributed by atoms with Crippen molar-refractivity contribution in [3.05, 3.63) is 50.5 Å². The standard InChI is InChI=1S/C13H10Cl3N3O/c1-6-8(5-17-7(2)18-6)13(20)19-12-4-10(15)9(14)3-11(12)16/h3-5H,1-2H3,(H,19,20). The van der Waals surface area contributed by atoms with Crippen molar-refractivity contribution in [2.24, 2.45) is 0 Å². The molecule has 0 aliphatic rings. The van der Waals surface area contributed by atoms with Gasteiger partial charge in [-0.1, -0.05) is 34.8 Å². The highest BCUT2D eigenvalue weighted by atomic mass is 35.5.